The minimum absolute atomic E-state index is 0.219. The number of nitrogens with one attached hydrogen (secondary N) is 1. The van der Waals surface area contributed by atoms with Crippen molar-refractivity contribution >= 4 is 39.7 Å². The van der Waals surface area contributed by atoms with Gasteiger partial charge < -0.3 is 5.32 Å². The minimum Gasteiger partial charge on any atom is -0.370 e. The van der Waals surface area contributed by atoms with Gasteiger partial charge in [-0.2, -0.15) is 0 Å². The molecule has 5 rings (SSSR count). The van der Waals surface area contributed by atoms with E-state index in [2.05, 4.69) is 66.0 Å². The van der Waals surface area contributed by atoms with Crippen LogP contribution in [0.5, 0.6) is 0 Å². The fraction of sp³-hybridized carbons (Fsp3) is 0.0357. The number of pyridine rings is 1. The highest BCUT2D eigenvalue weighted by atomic mass is 35.5. The molecule has 1 N–H and O–H groups in total. The van der Waals surface area contributed by atoms with Crippen molar-refractivity contribution in [2.45, 2.75) is 6.04 Å². The van der Waals surface area contributed by atoms with Crippen molar-refractivity contribution in [1.29, 1.82) is 0 Å². The highest BCUT2D eigenvalue weighted by Crippen LogP contribution is 2.36. The van der Waals surface area contributed by atoms with Crippen molar-refractivity contribution in [3.8, 4) is 11.3 Å². The average Bonchev–Trinajstić information content (AvgIpc) is 2.84. The predicted octanol–water partition coefficient (Wildman–Crippen LogP) is 8.41. The summed E-state index contributed by atoms with van der Waals surface area (Å²) in [6.45, 7) is 0. The molecule has 1 heterocycles. The maximum Gasteiger partial charge on any atom is 0.0941 e. The van der Waals surface area contributed by atoms with E-state index < -0.39 is 0 Å². The van der Waals surface area contributed by atoms with E-state index in [1.807, 2.05) is 48.5 Å². The molecule has 0 saturated carbocycles. The molecule has 0 saturated heterocycles. The molecule has 1 atom stereocenters. The second-order valence-electron chi connectivity index (χ2n) is 7.56. The number of hydrogen-bond acceptors (Lipinski definition) is 2. The number of anilines is 1. The van der Waals surface area contributed by atoms with Crippen LogP contribution in [-0.4, -0.2) is 4.98 Å². The van der Waals surface area contributed by atoms with Crippen LogP contribution in [0.2, 0.25) is 10.0 Å². The third kappa shape index (κ3) is 4.08. The molecule has 32 heavy (non-hydrogen) atoms. The summed E-state index contributed by atoms with van der Waals surface area (Å²) in [5.41, 5.74) is 4.69. The Labute approximate surface area is 197 Å². The summed E-state index contributed by atoms with van der Waals surface area (Å²) in [6, 6.07) is 36.3. The smallest absolute Gasteiger partial charge is 0.0941 e. The molecular formula is C28H20Cl2N2. The van der Waals surface area contributed by atoms with Gasteiger partial charge in [0.15, 0.2) is 0 Å². The van der Waals surface area contributed by atoms with E-state index >= 15 is 0 Å². The largest absolute Gasteiger partial charge is 0.370 e. The number of para-hydroxylation sites is 1. The summed E-state index contributed by atoms with van der Waals surface area (Å²) in [4.78, 5) is 5.08. The third-order valence-corrected chi connectivity index (χ3v) is 6.15. The zero-order valence-corrected chi connectivity index (χ0v) is 18.7. The number of fused-ring (bicyclic) bond motifs is 1. The number of aromatic nitrogens is 1. The quantitative estimate of drug-likeness (QED) is 0.288. The molecule has 0 aliphatic heterocycles. The van der Waals surface area contributed by atoms with E-state index in [4.69, 9.17) is 28.2 Å². The Morgan fingerprint density at radius 2 is 1.28 bits per heavy atom. The first kappa shape index (κ1) is 20.6. The van der Waals surface area contributed by atoms with Crippen LogP contribution in [0.1, 0.15) is 17.3 Å². The van der Waals surface area contributed by atoms with Crippen molar-refractivity contribution in [3.63, 3.8) is 0 Å². The van der Waals surface area contributed by atoms with E-state index in [9.17, 15) is 0 Å². The van der Waals surface area contributed by atoms with E-state index in [-0.39, 0.29) is 6.04 Å². The van der Waals surface area contributed by atoms with Gasteiger partial charge in [-0.15, -0.1) is 0 Å². The van der Waals surface area contributed by atoms with Gasteiger partial charge in [0.2, 0.25) is 0 Å². The van der Waals surface area contributed by atoms with Crippen LogP contribution in [0, 0.1) is 0 Å². The van der Waals surface area contributed by atoms with Crippen LogP contribution >= 0.6 is 23.2 Å². The Hall–Kier alpha value is -3.33. The first-order valence-electron chi connectivity index (χ1n) is 10.4. The first-order valence-corrected chi connectivity index (χ1v) is 11.2. The lowest BCUT2D eigenvalue weighted by molar-refractivity contribution is 0.889. The lowest BCUT2D eigenvalue weighted by atomic mass is 9.99. The Kier molecular flexibility index (Phi) is 5.81. The number of halogens is 2. The number of hydrogen-bond donors (Lipinski definition) is 1. The monoisotopic (exact) mass is 454 g/mol. The van der Waals surface area contributed by atoms with Gasteiger partial charge in [0.05, 0.1) is 33.2 Å². The number of benzene rings is 4. The molecule has 4 heteroatoms. The molecule has 0 radical (unpaired) electrons. The van der Waals surface area contributed by atoms with Gasteiger partial charge in [-0.3, -0.25) is 4.98 Å². The van der Waals surface area contributed by atoms with Gasteiger partial charge in [0, 0.05) is 5.56 Å². The van der Waals surface area contributed by atoms with Crippen LogP contribution < -0.4 is 5.32 Å². The summed E-state index contributed by atoms with van der Waals surface area (Å²) < 4.78 is 0. The molecule has 2 nitrogen and oxygen atoms in total. The average molecular weight is 455 g/mol. The van der Waals surface area contributed by atoms with Gasteiger partial charge >= 0.3 is 0 Å². The normalized spacial score (nSPS) is 11.9. The summed E-state index contributed by atoms with van der Waals surface area (Å²) in [7, 11) is 0. The zero-order valence-electron chi connectivity index (χ0n) is 17.2. The summed E-state index contributed by atoms with van der Waals surface area (Å²) in [5.74, 6) is 0. The summed E-state index contributed by atoms with van der Waals surface area (Å²) in [6.07, 6.45) is 0. The molecule has 1 aromatic heterocycles. The van der Waals surface area contributed by atoms with Crippen molar-refractivity contribution in [2.75, 3.05) is 5.32 Å². The third-order valence-electron chi connectivity index (χ3n) is 5.52. The summed E-state index contributed by atoms with van der Waals surface area (Å²) >= 11 is 12.9. The van der Waals surface area contributed by atoms with Crippen LogP contribution in [0.15, 0.2) is 109 Å². The summed E-state index contributed by atoms with van der Waals surface area (Å²) in [5, 5.41) is 7.05. The topological polar surface area (TPSA) is 24.9 Å². The van der Waals surface area contributed by atoms with Gasteiger partial charge in [-0.05, 0) is 40.6 Å². The fourth-order valence-electron chi connectivity index (χ4n) is 3.96. The van der Waals surface area contributed by atoms with Crippen molar-refractivity contribution in [2.24, 2.45) is 0 Å². The Balaban J connectivity index is 1.63. The van der Waals surface area contributed by atoms with Crippen molar-refractivity contribution in [1.82, 2.24) is 4.98 Å². The molecule has 0 amide bonds. The standard InChI is InChI=1S/C28H20Cl2N2/c29-23-15-7-16-24(30)28(23)32-27(20-10-2-1-3-11-20)26-18-8-17-25(31-26)22-14-6-12-19-9-4-5-13-21(19)22/h1-18,27,32H. The van der Waals surface area contributed by atoms with Gasteiger partial charge in [-0.1, -0.05) is 108 Å². The van der Waals surface area contributed by atoms with Gasteiger partial charge in [-0.25, -0.2) is 0 Å². The fourth-order valence-corrected chi connectivity index (χ4v) is 4.47. The van der Waals surface area contributed by atoms with E-state index in [0.717, 1.165) is 22.5 Å². The SMILES string of the molecule is Clc1cccc(Cl)c1NC(c1ccccc1)c1cccc(-c2cccc3ccccc23)n1. The van der Waals surface area contributed by atoms with E-state index in [1.165, 1.54) is 10.8 Å². The zero-order chi connectivity index (χ0) is 21.9. The molecule has 0 aliphatic rings. The molecule has 156 valence electrons. The maximum absolute atomic E-state index is 6.47. The van der Waals surface area contributed by atoms with Crippen LogP contribution in [0.25, 0.3) is 22.0 Å². The predicted molar refractivity (Wildman–Crippen MR) is 136 cm³/mol. The molecule has 4 aromatic carbocycles. The maximum atomic E-state index is 6.47. The lowest BCUT2D eigenvalue weighted by Crippen LogP contribution is -2.14. The van der Waals surface area contributed by atoms with Crippen LogP contribution in [0.3, 0.4) is 0 Å². The molecule has 1 unspecified atom stereocenters. The molecule has 5 aromatic rings. The minimum atomic E-state index is -0.219. The number of nitrogens with zero attached hydrogens (tertiary/aromatic N) is 1. The lowest BCUT2D eigenvalue weighted by Gasteiger charge is -2.22. The first-order chi connectivity index (χ1) is 15.7. The Bertz CT molecular complexity index is 1360. The second kappa shape index (κ2) is 9.04. The molecular weight excluding hydrogens is 435 g/mol. The van der Waals surface area contributed by atoms with Crippen LogP contribution in [0.4, 0.5) is 5.69 Å². The van der Waals surface area contributed by atoms with Crippen molar-refractivity contribution < 1.29 is 0 Å². The molecule has 0 bridgehead atoms. The second-order valence-corrected chi connectivity index (χ2v) is 8.37. The molecule has 0 spiro atoms. The van der Waals surface area contributed by atoms with Gasteiger partial charge in [0.25, 0.3) is 0 Å². The Morgan fingerprint density at radius 1 is 0.625 bits per heavy atom. The Morgan fingerprint density at radius 3 is 2.09 bits per heavy atom. The van der Waals surface area contributed by atoms with Gasteiger partial charge in [0.1, 0.15) is 0 Å². The van der Waals surface area contributed by atoms with E-state index in [1.54, 1.807) is 0 Å². The molecule has 0 fully saturated rings. The van der Waals surface area contributed by atoms with Crippen molar-refractivity contribution in [3.05, 3.63) is 130 Å². The van der Waals surface area contributed by atoms with Crippen LogP contribution in [-0.2, 0) is 0 Å². The highest BCUT2D eigenvalue weighted by Gasteiger charge is 2.19. The van der Waals surface area contributed by atoms with E-state index in [0.29, 0.717) is 15.7 Å². The highest BCUT2D eigenvalue weighted by molar-refractivity contribution is 6.39. The number of rotatable bonds is 5. The molecule has 0 aliphatic carbocycles.